The Bertz CT molecular complexity index is 599. The predicted molar refractivity (Wildman–Crippen MR) is 90.6 cm³/mol. The van der Waals surface area contributed by atoms with E-state index < -0.39 is 11.6 Å². The molecule has 0 spiro atoms. The van der Waals surface area contributed by atoms with E-state index >= 15 is 0 Å². The van der Waals surface area contributed by atoms with E-state index in [1.54, 1.807) is 13.8 Å². The van der Waals surface area contributed by atoms with E-state index in [-0.39, 0.29) is 18.2 Å². The Labute approximate surface area is 146 Å². The highest BCUT2D eigenvalue weighted by Crippen LogP contribution is 2.26. The smallest absolute Gasteiger partial charge is 0.169 e. The normalized spacial score (nSPS) is 10.7. The third-order valence-corrected chi connectivity index (χ3v) is 3.97. The molecule has 23 heavy (non-hydrogen) atoms. The summed E-state index contributed by atoms with van der Waals surface area (Å²) in [5.41, 5.74) is 1.45. The van der Waals surface area contributed by atoms with Crippen molar-refractivity contribution in [2.24, 2.45) is 0 Å². The number of ether oxygens (including phenoxy) is 2. The molecule has 0 aromatic heterocycles. The second-order valence-electron chi connectivity index (χ2n) is 5.12. The van der Waals surface area contributed by atoms with Crippen LogP contribution in [0.2, 0.25) is 0 Å². The summed E-state index contributed by atoms with van der Waals surface area (Å²) in [6.45, 7) is 4.14. The fourth-order valence-electron chi connectivity index (χ4n) is 2.20. The molecule has 2 rings (SSSR count). The van der Waals surface area contributed by atoms with Crippen LogP contribution < -0.4 is 9.47 Å². The first kappa shape index (κ1) is 17.9. The van der Waals surface area contributed by atoms with E-state index in [1.807, 2.05) is 22.6 Å². The molecule has 0 aliphatic carbocycles. The quantitative estimate of drug-likeness (QED) is 0.460. The summed E-state index contributed by atoms with van der Waals surface area (Å²) in [4.78, 5) is 0. The van der Waals surface area contributed by atoms with Crippen LogP contribution >= 0.6 is 22.6 Å². The van der Waals surface area contributed by atoms with Crippen LogP contribution in [0.15, 0.2) is 24.3 Å². The van der Waals surface area contributed by atoms with Crippen molar-refractivity contribution in [3.63, 3.8) is 0 Å². The number of rotatable bonds is 6. The molecule has 0 bridgehead atoms. The molecule has 2 nitrogen and oxygen atoms in total. The molecule has 0 radical (unpaired) electrons. The molecule has 0 N–H and O–H groups in total. The Morgan fingerprint density at radius 3 is 1.91 bits per heavy atom. The van der Waals surface area contributed by atoms with Crippen molar-refractivity contribution in [2.45, 2.75) is 20.3 Å². The standard InChI is InChI=1S/C17H16F3IO2/c1-10-6-12(18)7-11(2)16(10)22-4-3-5-23-17-14(20)8-13(19)9-15(17)21/h6-9H,3-5H2,1-2H3. The van der Waals surface area contributed by atoms with Crippen molar-refractivity contribution < 1.29 is 22.6 Å². The molecule has 0 heterocycles. The maximum atomic E-state index is 13.6. The molecule has 6 heteroatoms. The Balaban J connectivity index is 1.85. The van der Waals surface area contributed by atoms with E-state index in [1.165, 1.54) is 18.2 Å². The minimum absolute atomic E-state index is 0.0427. The van der Waals surface area contributed by atoms with E-state index in [0.29, 0.717) is 22.3 Å². The first-order valence-corrected chi connectivity index (χ1v) is 8.13. The van der Waals surface area contributed by atoms with Gasteiger partial charge in [-0.05, 0) is 65.8 Å². The van der Waals surface area contributed by atoms with E-state index in [4.69, 9.17) is 9.47 Å². The summed E-state index contributed by atoms with van der Waals surface area (Å²) >= 11 is 1.82. The third kappa shape index (κ3) is 4.76. The summed E-state index contributed by atoms with van der Waals surface area (Å²) in [6, 6.07) is 4.82. The van der Waals surface area contributed by atoms with Gasteiger partial charge in [-0.15, -0.1) is 0 Å². The predicted octanol–water partition coefficient (Wildman–Crippen LogP) is 5.17. The van der Waals surface area contributed by atoms with Crippen LogP contribution in [0, 0.1) is 34.9 Å². The largest absolute Gasteiger partial charge is 0.493 e. The molecule has 0 amide bonds. The van der Waals surface area contributed by atoms with Gasteiger partial charge in [0.05, 0.1) is 16.8 Å². The maximum absolute atomic E-state index is 13.6. The van der Waals surface area contributed by atoms with Gasteiger partial charge in [0.1, 0.15) is 17.4 Å². The van der Waals surface area contributed by atoms with Crippen LogP contribution in [0.25, 0.3) is 0 Å². The highest BCUT2D eigenvalue weighted by Gasteiger charge is 2.11. The third-order valence-electron chi connectivity index (χ3n) is 3.17. The zero-order valence-electron chi connectivity index (χ0n) is 12.8. The molecule has 0 unspecified atom stereocenters. The van der Waals surface area contributed by atoms with Crippen LogP contribution in [0.4, 0.5) is 13.2 Å². The molecule has 0 aliphatic rings. The molecule has 0 saturated heterocycles. The van der Waals surface area contributed by atoms with Crippen LogP contribution in [0.1, 0.15) is 17.5 Å². The van der Waals surface area contributed by atoms with Gasteiger partial charge in [-0.3, -0.25) is 0 Å². The minimum Gasteiger partial charge on any atom is -0.493 e. The van der Waals surface area contributed by atoms with Gasteiger partial charge in [-0.25, -0.2) is 13.2 Å². The van der Waals surface area contributed by atoms with Gasteiger partial charge in [-0.2, -0.15) is 0 Å². The molecule has 0 atom stereocenters. The molecule has 124 valence electrons. The SMILES string of the molecule is Cc1cc(F)cc(C)c1OCCCOc1c(F)cc(F)cc1I. The highest BCUT2D eigenvalue weighted by atomic mass is 127. The molecule has 0 fully saturated rings. The Kier molecular flexibility index (Phi) is 6.15. The van der Waals surface area contributed by atoms with Gasteiger partial charge in [0.25, 0.3) is 0 Å². The van der Waals surface area contributed by atoms with Crippen LogP contribution in [-0.4, -0.2) is 13.2 Å². The summed E-state index contributed by atoms with van der Waals surface area (Å²) in [7, 11) is 0. The van der Waals surface area contributed by atoms with Gasteiger partial charge in [0.15, 0.2) is 11.6 Å². The molecule has 2 aromatic rings. The Hall–Kier alpha value is -1.44. The van der Waals surface area contributed by atoms with Crippen molar-refractivity contribution in [1.82, 2.24) is 0 Å². The Morgan fingerprint density at radius 2 is 1.35 bits per heavy atom. The minimum atomic E-state index is -0.722. The van der Waals surface area contributed by atoms with Gasteiger partial charge in [0.2, 0.25) is 0 Å². The lowest BCUT2D eigenvalue weighted by atomic mass is 10.1. The van der Waals surface area contributed by atoms with Crippen molar-refractivity contribution in [1.29, 1.82) is 0 Å². The second-order valence-corrected chi connectivity index (χ2v) is 6.28. The van der Waals surface area contributed by atoms with Crippen LogP contribution in [0.3, 0.4) is 0 Å². The number of hydrogen-bond donors (Lipinski definition) is 0. The topological polar surface area (TPSA) is 18.5 Å². The Morgan fingerprint density at radius 1 is 0.826 bits per heavy atom. The summed E-state index contributed by atoms with van der Waals surface area (Å²) in [5, 5.41) is 0. The lowest BCUT2D eigenvalue weighted by molar-refractivity contribution is 0.238. The lowest BCUT2D eigenvalue weighted by Crippen LogP contribution is -2.08. The summed E-state index contributed by atoms with van der Waals surface area (Å²) in [5.74, 6) is -0.961. The van der Waals surface area contributed by atoms with Gasteiger partial charge in [0, 0.05) is 12.5 Å². The maximum Gasteiger partial charge on any atom is 0.169 e. The fraction of sp³-hybridized carbons (Fsp3) is 0.294. The average Bonchev–Trinajstić information content (AvgIpc) is 2.42. The van der Waals surface area contributed by atoms with Crippen molar-refractivity contribution in [2.75, 3.05) is 13.2 Å². The second kappa shape index (κ2) is 7.90. The first-order chi connectivity index (χ1) is 10.9. The average molecular weight is 436 g/mol. The first-order valence-electron chi connectivity index (χ1n) is 7.05. The number of hydrogen-bond acceptors (Lipinski definition) is 2. The van der Waals surface area contributed by atoms with E-state index in [0.717, 1.165) is 17.2 Å². The van der Waals surface area contributed by atoms with Crippen LogP contribution in [-0.2, 0) is 0 Å². The number of halogens is 4. The van der Waals surface area contributed by atoms with Gasteiger partial charge >= 0.3 is 0 Å². The van der Waals surface area contributed by atoms with Crippen molar-refractivity contribution >= 4 is 22.6 Å². The molecular weight excluding hydrogens is 420 g/mol. The molecule has 2 aromatic carbocycles. The van der Waals surface area contributed by atoms with Crippen molar-refractivity contribution in [3.05, 3.63) is 56.4 Å². The zero-order chi connectivity index (χ0) is 17.0. The summed E-state index contributed by atoms with van der Waals surface area (Å²) < 4.78 is 51.2. The van der Waals surface area contributed by atoms with E-state index in [9.17, 15) is 13.2 Å². The summed E-state index contributed by atoms with van der Waals surface area (Å²) in [6.07, 6.45) is 0.517. The monoisotopic (exact) mass is 436 g/mol. The number of aryl methyl sites for hydroxylation is 2. The lowest BCUT2D eigenvalue weighted by Gasteiger charge is -2.13. The highest BCUT2D eigenvalue weighted by molar-refractivity contribution is 14.1. The molecular formula is C17H16F3IO2. The van der Waals surface area contributed by atoms with Crippen molar-refractivity contribution in [3.8, 4) is 11.5 Å². The molecule has 0 aliphatic heterocycles. The van der Waals surface area contributed by atoms with E-state index in [2.05, 4.69) is 0 Å². The number of benzene rings is 2. The van der Waals surface area contributed by atoms with Crippen LogP contribution in [0.5, 0.6) is 11.5 Å². The molecule has 0 saturated carbocycles. The fourth-order valence-corrected chi connectivity index (χ4v) is 2.91. The zero-order valence-corrected chi connectivity index (χ0v) is 14.9. The van der Waals surface area contributed by atoms with Gasteiger partial charge < -0.3 is 9.47 Å². The van der Waals surface area contributed by atoms with Gasteiger partial charge in [-0.1, -0.05) is 0 Å².